The van der Waals surface area contributed by atoms with Crippen LogP contribution in [0, 0.1) is 0 Å². The summed E-state index contributed by atoms with van der Waals surface area (Å²) in [7, 11) is 2.79. The SMILES string of the molecule is CCCCCCCCCCCCC/C=C/[C@H](OC)[C@H](COC1OC(CO)C(N)C(O)C1O)NC(=O)OC. The molecule has 218 valence electrons. The van der Waals surface area contributed by atoms with Gasteiger partial charge in [0.15, 0.2) is 6.29 Å². The summed E-state index contributed by atoms with van der Waals surface area (Å²) in [5, 5.41) is 32.5. The average Bonchev–Trinajstić information content (AvgIpc) is 2.91. The molecule has 0 aromatic rings. The van der Waals surface area contributed by atoms with Gasteiger partial charge >= 0.3 is 6.09 Å². The summed E-state index contributed by atoms with van der Waals surface area (Å²) in [5.74, 6) is 0. The number of hydrogen-bond donors (Lipinski definition) is 5. The normalized spacial score (nSPS) is 25.8. The molecule has 7 atom stereocenters. The fraction of sp³-hybridized carbons (Fsp3) is 0.889. The van der Waals surface area contributed by atoms with E-state index in [0.717, 1.165) is 12.8 Å². The summed E-state index contributed by atoms with van der Waals surface area (Å²) in [6.45, 7) is 1.71. The van der Waals surface area contributed by atoms with Gasteiger partial charge in [0.1, 0.15) is 18.3 Å². The largest absolute Gasteiger partial charge is 0.453 e. The molecular formula is C27H52N2O8. The second kappa shape index (κ2) is 20.7. The van der Waals surface area contributed by atoms with E-state index >= 15 is 0 Å². The molecule has 0 saturated carbocycles. The number of amides is 1. The minimum Gasteiger partial charge on any atom is -0.453 e. The van der Waals surface area contributed by atoms with Crippen molar-refractivity contribution in [2.75, 3.05) is 27.4 Å². The average molecular weight is 533 g/mol. The number of carbonyl (C=O) groups excluding carboxylic acids is 1. The number of ether oxygens (including phenoxy) is 4. The first-order valence-corrected chi connectivity index (χ1v) is 13.9. The predicted octanol–water partition coefficient (Wildman–Crippen LogP) is 2.77. The van der Waals surface area contributed by atoms with Gasteiger partial charge in [-0.25, -0.2) is 4.79 Å². The fourth-order valence-electron chi connectivity index (χ4n) is 4.42. The van der Waals surface area contributed by atoms with Gasteiger partial charge in [-0.2, -0.15) is 0 Å². The molecule has 0 aromatic heterocycles. The van der Waals surface area contributed by atoms with Crippen LogP contribution in [0.3, 0.4) is 0 Å². The molecule has 6 N–H and O–H groups in total. The highest BCUT2D eigenvalue weighted by Crippen LogP contribution is 2.21. The highest BCUT2D eigenvalue weighted by molar-refractivity contribution is 5.67. The number of hydrogen-bond acceptors (Lipinski definition) is 9. The molecule has 1 saturated heterocycles. The van der Waals surface area contributed by atoms with Gasteiger partial charge in [0.05, 0.1) is 38.5 Å². The number of nitrogens with one attached hydrogen (secondary N) is 1. The number of unbranched alkanes of at least 4 members (excludes halogenated alkanes) is 11. The van der Waals surface area contributed by atoms with Gasteiger partial charge in [-0.15, -0.1) is 0 Å². The molecule has 1 rings (SSSR count). The van der Waals surface area contributed by atoms with Gasteiger partial charge in [-0.3, -0.25) is 0 Å². The number of methoxy groups -OCH3 is 2. The fourth-order valence-corrected chi connectivity index (χ4v) is 4.42. The quantitative estimate of drug-likeness (QED) is 0.118. The minimum atomic E-state index is -1.41. The maximum atomic E-state index is 11.9. The lowest BCUT2D eigenvalue weighted by atomic mass is 9.97. The lowest BCUT2D eigenvalue weighted by Crippen LogP contribution is -2.63. The third-order valence-electron chi connectivity index (χ3n) is 6.84. The van der Waals surface area contributed by atoms with Gasteiger partial charge in [-0.05, 0) is 12.8 Å². The smallest absolute Gasteiger partial charge is 0.407 e. The second-order valence-corrected chi connectivity index (χ2v) is 9.81. The van der Waals surface area contributed by atoms with E-state index in [1.54, 1.807) is 0 Å². The van der Waals surface area contributed by atoms with Crippen LogP contribution < -0.4 is 11.1 Å². The van der Waals surface area contributed by atoms with Crippen molar-refractivity contribution in [2.45, 2.75) is 127 Å². The van der Waals surface area contributed by atoms with Crippen LogP contribution in [0.25, 0.3) is 0 Å². The summed E-state index contributed by atoms with van der Waals surface area (Å²) in [4.78, 5) is 11.9. The summed E-state index contributed by atoms with van der Waals surface area (Å²) in [6.07, 6.45) is 12.9. The molecule has 10 heteroatoms. The monoisotopic (exact) mass is 532 g/mol. The molecule has 0 radical (unpaired) electrons. The van der Waals surface area contributed by atoms with Gasteiger partial charge in [0.2, 0.25) is 0 Å². The van der Waals surface area contributed by atoms with Crippen LogP contribution >= 0.6 is 0 Å². The number of carbonyl (C=O) groups is 1. The number of rotatable bonds is 20. The topological polar surface area (TPSA) is 153 Å². The number of alkyl carbamates (subject to hydrolysis) is 1. The number of nitrogens with two attached hydrogens (primary N) is 1. The van der Waals surface area contributed by atoms with Crippen molar-refractivity contribution in [3.05, 3.63) is 12.2 Å². The first-order valence-electron chi connectivity index (χ1n) is 13.9. The van der Waals surface area contributed by atoms with Gasteiger partial charge < -0.3 is 45.3 Å². The second-order valence-electron chi connectivity index (χ2n) is 9.81. The van der Waals surface area contributed by atoms with E-state index in [1.807, 2.05) is 12.2 Å². The lowest BCUT2D eigenvalue weighted by molar-refractivity contribution is -0.278. The van der Waals surface area contributed by atoms with Crippen LogP contribution in [-0.4, -0.2) is 91.6 Å². The molecule has 0 bridgehead atoms. The molecular weight excluding hydrogens is 480 g/mol. The first-order chi connectivity index (χ1) is 17.9. The van der Waals surface area contributed by atoms with Crippen LogP contribution in [-0.2, 0) is 18.9 Å². The van der Waals surface area contributed by atoms with Crippen molar-refractivity contribution in [3.63, 3.8) is 0 Å². The Labute approximate surface area is 222 Å². The molecule has 0 aromatic carbocycles. The Morgan fingerprint density at radius 1 is 1.00 bits per heavy atom. The Balaban J connectivity index is 2.45. The van der Waals surface area contributed by atoms with Crippen molar-refractivity contribution >= 4 is 6.09 Å². The molecule has 1 amide bonds. The lowest BCUT2D eigenvalue weighted by Gasteiger charge is -2.40. The number of aliphatic hydroxyl groups excluding tert-OH is 3. The zero-order chi connectivity index (χ0) is 27.5. The van der Waals surface area contributed by atoms with Crippen LogP contribution in [0.5, 0.6) is 0 Å². The Morgan fingerprint density at radius 2 is 1.59 bits per heavy atom. The Kier molecular flexibility index (Phi) is 18.9. The maximum absolute atomic E-state index is 11.9. The van der Waals surface area contributed by atoms with Crippen LogP contribution in [0.2, 0.25) is 0 Å². The molecule has 1 aliphatic heterocycles. The van der Waals surface area contributed by atoms with Crippen molar-refractivity contribution < 1.29 is 39.1 Å². The molecule has 1 heterocycles. The van der Waals surface area contributed by atoms with E-state index in [9.17, 15) is 20.1 Å². The Hall–Kier alpha value is -1.27. The molecule has 1 fully saturated rings. The maximum Gasteiger partial charge on any atom is 0.407 e. The van der Waals surface area contributed by atoms with Crippen LogP contribution in [0.1, 0.15) is 84.0 Å². The van der Waals surface area contributed by atoms with Crippen LogP contribution in [0.4, 0.5) is 4.79 Å². The predicted molar refractivity (Wildman–Crippen MR) is 142 cm³/mol. The highest BCUT2D eigenvalue weighted by Gasteiger charge is 2.43. The standard InChI is InChI=1S/C27H52N2O8/c1-4-5-6-7-8-9-10-11-12-13-14-15-16-17-21(34-2)20(29-27(33)35-3)19-36-26-25(32)24(31)23(28)22(18-30)37-26/h16-17,20-26,30-32H,4-15,18-19,28H2,1-3H3,(H,29,33)/b17-16+/t20-,21-,22?,23?,24?,25?,26?/m0/s1. The van der Waals surface area contributed by atoms with Crippen LogP contribution in [0.15, 0.2) is 12.2 Å². The summed E-state index contributed by atoms with van der Waals surface area (Å²) in [5.41, 5.74) is 5.78. The zero-order valence-corrected chi connectivity index (χ0v) is 23.1. The molecule has 0 spiro atoms. The molecule has 37 heavy (non-hydrogen) atoms. The molecule has 10 nitrogen and oxygen atoms in total. The summed E-state index contributed by atoms with van der Waals surface area (Å²) >= 11 is 0. The third kappa shape index (κ3) is 13.4. The van der Waals surface area contributed by atoms with E-state index in [2.05, 4.69) is 12.2 Å². The van der Waals surface area contributed by atoms with Gasteiger partial charge in [-0.1, -0.05) is 83.3 Å². The highest BCUT2D eigenvalue weighted by atomic mass is 16.7. The Morgan fingerprint density at radius 3 is 2.14 bits per heavy atom. The van der Waals surface area contributed by atoms with Crippen molar-refractivity contribution in [1.29, 1.82) is 0 Å². The number of allylic oxidation sites excluding steroid dienone is 1. The van der Waals surface area contributed by atoms with Gasteiger partial charge in [0, 0.05) is 7.11 Å². The molecule has 0 aliphatic carbocycles. The van der Waals surface area contributed by atoms with Crippen molar-refractivity contribution in [1.82, 2.24) is 5.32 Å². The van der Waals surface area contributed by atoms with Crippen molar-refractivity contribution in [2.24, 2.45) is 5.73 Å². The van der Waals surface area contributed by atoms with E-state index in [0.29, 0.717) is 0 Å². The van der Waals surface area contributed by atoms with E-state index in [-0.39, 0.29) is 6.61 Å². The van der Waals surface area contributed by atoms with E-state index < -0.39 is 55.5 Å². The first kappa shape index (κ1) is 33.8. The Bertz CT molecular complexity index is 607. The minimum absolute atomic E-state index is 0.0990. The van der Waals surface area contributed by atoms with E-state index in [1.165, 1.54) is 78.4 Å². The number of aliphatic hydroxyl groups is 3. The zero-order valence-electron chi connectivity index (χ0n) is 23.1. The van der Waals surface area contributed by atoms with Gasteiger partial charge in [0.25, 0.3) is 0 Å². The molecule has 1 aliphatic rings. The molecule has 5 unspecified atom stereocenters. The van der Waals surface area contributed by atoms with E-state index in [4.69, 9.17) is 24.7 Å². The summed E-state index contributed by atoms with van der Waals surface area (Å²) < 4.78 is 21.5. The van der Waals surface area contributed by atoms with Crippen molar-refractivity contribution in [3.8, 4) is 0 Å². The third-order valence-corrected chi connectivity index (χ3v) is 6.84. The summed E-state index contributed by atoms with van der Waals surface area (Å²) in [6, 6.07) is -1.60.